The molecule has 0 aromatic rings. The molecule has 9 heavy (non-hydrogen) atoms. The second-order valence-corrected chi connectivity index (χ2v) is 3.11. The van der Waals surface area contributed by atoms with Crippen molar-refractivity contribution >= 4 is 0 Å². The van der Waals surface area contributed by atoms with Crippen molar-refractivity contribution in [1.29, 1.82) is 0 Å². The molecule has 1 aliphatic carbocycles. The van der Waals surface area contributed by atoms with Gasteiger partial charge in [0.2, 0.25) is 0 Å². The van der Waals surface area contributed by atoms with Crippen LogP contribution in [0.1, 0.15) is 19.3 Å². The summed E-state index contributed by atoms with van der Waals surface area (Å²) in [7, 11) is 0. The maximum absolute atomic E-state index is 5.46. The van der Waals surface area contributed by atoms with E-state index in [2.05, 4.69) is 0 Å². The minimum Gasteiger partial charge on any atom is -0.374 e. The number of nitrogens with two attached hydrogens (primary N) is 1. The van der Waals surface area contributed by atoms with Crippen LogP contribution in [0.5, 0.6) is 0 Å². The summed E-state index contributed by atoms with van der Waals surface area (Å²) in [5.74, 6) is 0.806. The zero-order chi connectivity index (χ0) is 6.27. The number of hydrogen-bond donors (Lipinski definition) is 1. The topological polar surface area (TPSA) is 35.2 Å². The fourth-order valence-electron chi connectivity index (χ4n) is 1.96. The highest BCUT2D eigenvalue weighted by Gasteiger charge is 2.44. The monoisotopic (exact) mass is 127 g/mol. The smallest absolute Gasteiger partial charge is 0.0633 e. The highest BCUT2D eigenvalue weighted by molar-refractivity contribution is 4.93. The Balaban J connectivity index is 1.86. The molecule has 3 rings (SSSR count). The van der Waals surface area contributed by atoms with Gasteiger partial charge in [-0.2, -0.15) is 0 Å². The van der Waals surface area contributed by atoms with Crippen molar-refractivity contribution in [3.8, 4) is 0 Å². The second-order valence-electron chi connectivity index (χ2n) is 3.11. The SMILES string of the molecule is NCCC1CC2CC1O2. The summed E-state index contributed by atoms with van der Waals surface area (Å²) in [6, 6.07) is 0. The van der Waals surface area contributed by atoms with Gasteiger partial charge < -0.3 is 10.5 Å². The van der Waals surface area contributed by atoms with E-state index in [9.17, 15) is 0 Å². The lowest BCUT2D eigenvalue weighted by molar-refractivity contribution is -0.0749. The summed E-state index contributed by atoms with van der Waals surface area (Å²) in [4.78, 5) is 0. The standard InChI is InChI=1S/C7H13NO/c8-2-1-5-3-6-4-7(5)9-6/h5-7H,1-4,8H2. The van der Waals surface area contributed by atoms with Crippen molar-refractivity contribution < 1.29 is 4.74 Å². The molecule has 2 aliphatic heterocycles. The molecule has 1 saturated carbocycles. The molecule has 0 amide bonds. The Hall–Kier alpha value is -0.0800. The van der Waals surface area contributed by atoms with Crippen LogP contribution in [-0.4, -0.2) is 18.8 Å². The van der Waals surface area contributed by atoms with Crippen LogP contribution < -0.4 is 5.73 Å². The first-order valence-corrected chi connectivity index (χ1v) is 3.75. The van der Waals surface area contributed by atoms with Crippen molar-refractivity contribution in [3.63, 3.8) is 0 Å². The molecule has 0 spiro atoms. The van der Waals surface area contributed by atoms with Gasteiger partial charge in [-0.05, 0) is 25.3 Å². The van der Waals surface area contributed by atoms with E-state index in [1.807, 2.05) is 0 Å². The Morgan fingerprint density at radius 1 is 1.44 bits per heavy atom. The van der Waals surface area contributed by atoms with Crippen LogP contribution in [0.15, 0.2) is 0 Å². The first-order valence-electron chi connectivity index (χ1n) is 3.75. The fraction of sp³-hybridized carbons (Fsp3) is 1.00. The van der Waals surface area contributed by atoms with E-state index in [0.717, 1.165) is 12.5 Å². The lowest BCUT2D eigenvalue weighted by Crippen LogP contribution is -2.28. The number of fused-ring (bicyclic) bond motifs is 1. The molecular weight excluding hydrogens is 114 g/mol. The van der Waals surface area contributed by atoms with E-state index in [1.165, 1.54) is 19.3 Å². The average molecular weight is 127 g/mol. The molecule has 3 aliphatic rings. The minimum absolute atomic E-state index is 0.596. The summed E-state index contributed by atoms with van der Waals surface area (Å²) in [5.41, 5.74) is 5.43. The zero-order valence-corrected chi connectivity index (χ0v) is 5.55. The fourth-order valence-corrected chi connectivity index (χ4v) is 1.96. The summed E-state index contributed by atoms with van der Waals surface area (Å²) in [6.45, 7) is 0.831. The van der Waals surface area contributed by atoms with Crippen molar-refractivity contribution in [2.24, 2.45) is 11.7 Å². The van der Waals surface area contributed by atoms with Gasteiger partial charge in [-0.1, -0.05) is 0 Å². The quantitative estimate of drug-likeness (QED) is 0.586. The normalized spacial score (nSPS) is 47.0. The maximum atomic E-state index is 5.46. The average Bonchev–Trinajstić information content (AvgIpc) is 2.20. The maximum Gasteiger partial charge on any atom is 0.0633 e. The summed E-state index contributed by atoms with van der Waals surface area (Å²) in [5, 5.41) is 0. The van der Waals surface area contributed by atoms with Gasteiger partial charge in [-0.25, -0.2) is 0 Å². The van der Waals surface area contributed by atoms with E-state index >= 15 is 0 Å². The van der Waals surface area contributed by atoms with Crippen LogP contribution in [0.3, 0.4) is 0 Å². The Morgan fingerprint density at radius 2 is 2.22 bits per heavy atom. The number of hydrogen-bond acceptors (Lipinski definition) is 2. The summed E-state index contributed by atoms with van der Waals surface area (Å²) >= 11 is 0. The molecule has 0 aromatic carbocycles. The Morgan fingerprint density at radius 3 is 2.67 bits per heavy atom. The van der Waals surface area contributed by atoms with Crippen molar-refractivity contribution in [2.75, 3.05) is 6.54 Å². The molecule has 3 fully saturated rings. The molecule has 2 heteroatoms. The highest BCUT2D eigenvalue weighted by atomic mass is 16.5. The zero-order valence-electron chi connectivity index (χ0n) is 5.55. The Bertz CT molecular complexity index is 109. The molecule has 2 bridgehead atoms. The molecule has 0 radical (unpaired) electrons. The van der Waals surface area contributed by atoms with Crippen LogP contribution in [-0.2, 0) is 4.74 Å². The van der Waals surface area contributed by atoms with Gasteiger partial charge in [-0.15, -0.1) is 0 Å². The van der Waals surface area contributed by atoms with E-state index in [1.54, 1.807) is 0 Å². The van der Waals surface area contributed by atoms with E-state index in [-0.39, 0.29) is 0 Å². The van der Waals surface area contributed by atoms with Gasteiger partial charge in [0, 0.05) is 6.42 Å². The van der Waals surface area contributed by atoms with Gasteiger partial charge in [0.25, 0.3) is 0 Å². The summed E-state index contributed by atoms with van der Waals surface area (Å²) in [6.07, 6.45) is 4.97. The molecule has 2 nitrogen and oxygen atoms in total. The minimum atomic E-state index is 0.596. The third-order valence-electron chi connectivity index (χ3n) is 2.49. The van der Waals surface area contributed by atoms with E-state index < -0.39 is 0 Å². The lowest BCUT2D eigenvalue weighted by atomic mass is 10.0. The van der Waals surface area contributed by atoms with Gasteiger partial charge in [-0.3, -0.25) is 0 Å². The van der Waals surface area contributed by atoms with Crippen molar-refractivity contribution in [1.82, 2.24) is 0 Å². The Kier molecular flexibility index (Phi) is 1.24. The van der Waals surface area contributed by atoms with Crippen molar-refractivity contribution in [2.45, 2.75) is 31.5 Å². The van der Waals surface area contributed by atoms with Gasteiger partial charge in [0.05, 0.1) is 12.2 Å². The van der Waals surface area contributed by atoms with Crippen LogP contribution in [0.4, 0.5) is 0 Å². The first-order chi connectivity index (χ1) is 4.40. The number of ether oxygens (including phenoxy) is 1. The molecule has 52 valence electrons. The molecule has 3 unspecified atom stereocenters. The predicted molar refractivity (Wildman–Crippen MR) is 35.1 cm³/mol. The van der Waals surface area contributed by atoms with Gasteiger partial charge >= 0.3 is 0 Å². The molecule has 2 saturated heterocycles. The van der Waals surface area contributed by atoms with E-state index in [0.29, 0.717) is 12.2 Å². The first kappa shape index (κ1) is 5.69. The highest BCUT2D eigenvalue weighted by Crippen LogP contribution is 2.42. The van der Waals surface area contributed by atoms with Gasteiger partial charge in [0.15, 0.2) is 0 Å². The molecule has 2 N–H and O–H groups in total. The van der Waals surface area contributed by atoms with Crippen molar-refractivity contribution in [3.05, 3.63) is 0 Å². The largest absolute Gasteiger partial charge is 0.374 e. The summed E-state index contributed by atoms with van der Waals surface area (Å²) < 4.78 is 5.46. The van der Waals surface area contributed by atoms with Crippen LogP contribution in [0, 0.1) is 5.92 Å². The molecule has 0 aromatic heterocycles. The lowest BCUT2D eigenvalue weighted by Gasteiger charge is -2.25. The van der Waals surface area contributed by atoms with Crippen LogP contribution in [0.25, 0.3) is 0 Å². The number of rotatable bonds is 2. The third-order valence-corrected chi connectivity index (χ3v) is 2.49. The van der Waals surface area contributed by atoms with Crippen LogP contribution >= 0.6 is 0 Å². The predicted octanol–water partition coefficient (Wildman–Crippen LogP) is 0.513. The molecule has 2 heterocycles. The molecule has 3 atom stereocenters. The third kappa shape index (κ3) is 0.775. The second kappa shape index (κ2) is 1.96. The Labute approximate surface area is 55.4 Å². The molecular formula is C7H13NO. The van der Waals surface area contributed by atoms with Gasteiger partial charge in [0.1, 0.15) is 0 Å². The van der Waals surface area contributed by atoms with E-state index in [4.69, 9.17) is 10.5 Å². The van der Waals surface area contributed by atoms with Crippen LogP contribution in [0.2, 0.25) is 0 Å².